The summed E-state index contributed by atoms with van der Waals surface area (Å²) in [5.74, 6) is 0.752. The fourth-order valence-electron chi connectivity index (χ4n) is 2.15. The monoisotopic (exact) mass is 432 g/mol. The fraction of sp³-hybridized carbons (Fsp3) is 0.400. The fourth-order valence-corrected chi connectivity index (χ4v) is 3.68. The van der Waals surface area contributed by atoms with Gasteiger partial charge in [0.25, 0.3) is 0 Å². The van der Waals surface area contributed by atoms with Crippen LogP contribution in [0.1, 0.15) is 19.3 Å². The highest BCUT2D eigenvalue weighted by Crippen LogP contribution is 2.38. The summed E-state index contributed by atoms with van der Waals surface area (Å²) in [7, 11) is 0. The lowest BCUT2D eigenvalue weighted by Crippen LogP contribution is -2.19. The number of fused-ring (bicyclic) bond motifs is 1. The maximum Gasteiger partial charge on any atom is 0.159 e. The first-order valence-corrected chi connectivity index (χ1v) is 8.92. The number of aromatic nitrogens is 1. The van der Waals surface area contributed by atoms with Crippen molar-refractivity contribution in [2.45, 2.75) is 25.3 Å². The third-order valence-electron chi connectivity index (χ3n) is 3.38. The van der Waals surface area contributed by atoms with Crippen LogP contribution in [0.15, 0.2) is 27.1 Å². The predicted molar refractivity (Wildman–Crippen MR) is 93.3 cm³/mol. The normalized spacial score (nSPS) is 14.6. The molecule has 3 rings (SSSR count). The van der Waals surface area contributed by atoms with E-state index in [1.54, 1.807) is 6.07 Å². The summed E-state index contributed by atoms with van der Waals surface area (Å²) >= 11 is 13.1. The number of hydrogen-bond donors (Lipinski definition) is 1. The lowest BCUT2D eigenvalue weighted by Gasteiger charge is -2.12. The smallest absolute Gasteiger partial charge is 0.159 e. The molecular formula is C15H15Br2ClN2O. The minimum absolute atomic E-state index is 0.466. The zero-order valence-corrected chi connectivity index (χ0v) is 15.3. The van der Waals surface area contributed by atoms with E-state index in [0.29, 0.717) is 11.8 Å². The highest BCUT2D eigenvalue weighted by molar-refractivity contribution is 9.11. The standard InChI is InChI=1S/C15H15Br2ClN2O/c16-11-8-12(17)15(14-10(11)4-5-13(18)20-14)21-7-1-6-19-9-2-3-9/h4-5,8-9,19H,1-3,6-7H2. The van der Waals surface area contributed by atoms with E-state index in [2.05, 4.69) is 42.2 Å². The van der Waals surface area contributed by atoms with E-state index < -0.39 is 0 Å². The molecule has 21 heavy (non-hydrogen) atoms. The summed E-state index contributed by atoms with van der Waals surface area (Å²) < 4.78 is 7.78. The van der Waals surface area contributed by atoms with Crippen LogP contribution in [0, 0.1) is 0 Å². The number of benzene rings is 1. The lowest BCUT2D eigenvalue weighted by atomic mass is 10.2. The van der Waals surface area contributed by atoms with Gasteiger partial charge in [-0.1, -0.05) is 27.5 Å². The maximum absolute atomic E-state index is 6.01. The number of hydrogen-bond acceptors (Lipinski definition) is 3. The van der Waals surface area contributed by atoms with Crippen LogP contribution < -0.4 is 10.1 Å². The van der Waals surface area contributed by atoms with Gasteiger partial charge < -0.3 is 10.1 Å². The minimum Gasteiger partial charge on any atom is -0.490 e. The molecule has 3 nitrogen and oxygen atoms in total. The number of halogens is 3. The number of nitrogens with zero attached hydrogens (tertiary/aromatic N) is 1. The molecular weight excluding hydrogens is 419 g/mol. The van der Waals surface area contributed by atoms with Crippen molar-refractivity contribution < 1.29 is 4.74 Å². The van der Waals surface area contributed by atoms with E-state index in [4.69, 9.17) is 16.3 Å². The average Bonchev–Trinajstić information content (AvgIpc) is 3.25. The van der Waals surface area contributed by atoms with Crippen LogP contribution in [0.2, 0.25) is 5.15 Å². The van der Waals surface area contributed by atoms with Crippen molar-refractivity contribution in [3.8, 4) is 5.75 Å². The van der Waals surface area contributed by atoms with Gasteiger partial charge in [-0.3, -0.25) is 0 Å². The molecule has 0 saturated heterocycles. The first-order chi connectivity index (χ1) is 10.1. The van der Waals surface area contributed by atoms with E-state index >= 15 is 0 Å². The molecule has 1 aromatic heterocycles. The number of pyridine rings is 1. The Hall–Kier alpha value is -0.360. The highest BCUT2D eigenvalue weighted by atomic mass is 79.9. The number of ether oxygens (including phenoxy) is 1. The van der Waals surface area contributed by atoms with Gasteiger partial charge in [-0.2, -0.15) is 0 Å². The van der Waals surface area contributed by atoms with Gasteiger partial charge in [0, 0.05) is 15.9 Å². The van der Waals surface area contributed by atoms with E-state index in [1.807, 2.05) is 12.1 Å². The Labute approximate surface area is 145 Å². The van der Waals surface area contributed by atoms with Crippen molar-refractivity contribution in [1.29, 1.82) is 0 Å². The van der Waals surface area contributed by atoms with Crippen LogP contribution in [-0.2, 0) is 0 Å². The van der Waals surface area contributed by atoms with Crippen LogP contribution in [-0.4, -0.2) is 24.2 Å². The molecule has 1 fully saturated rings. The SMILES string of the molecule is Clc1ccc2c(Br)cc(Br)c(OCCCNC3CC3)c2n1. The average molecular weight is 435 g/mol. The largest absolute Gasteiger partial charge is 0.490 e. The molecule has 1 heterocycles. The quantitative estimate of drug-likeness (QED) is 0.517. The minimum atomic E-state index is 0.466. The second-order valence-electron chi connectivity index (χ2n) is 5.13. The van der Waals surface area contributed by atoms with Gasteiger partial charge >= 0.3 is 0 Å². The van der Waals surface area contributed by atoms with Crippen LogP contribution >= 0.6 is 43.5 Å². The Morgan fingerprint density at radius 1 is 1.29 bits per heavy atom. The molecule has 0 spiro atoms. The molecule has 0 atom stereocenters. The van der Waals surface area contributed by atoms with E-state index in [-0.39, 0.29) is 0 Å². The van der Waals surface area contributed by atoms with Crippen molar-refractivity contribution in [3.63, 3.8) is 0 Å². The molecule has 0 bridgehead atoms. The van der Waals surface area contributed by atoms with Crippen LogP contribution in [0.3, 0.4) is 0 Å². The second-order valence-corrected chi connectivity index (χ2v) is 7.23. The van der Waals surface area contributed by atoms with Gasteiger partial charge in [-0.15, -0.1) is 0 Å². The van der Waals surface area contributed by atoms with E-state index in [9.17, 15) is 0 Å². The molecule has 1 N–H and O–H groups in total. The summed E-state index contributed by atoms with van der Waals surface area (Å²) in [6.07, 6.45) is 3.60. The van der Waals surface area contributed by atoms with Crippen LogP contribution in [0.5, 0.6) is 5.75 Å². The summed E-state index contributed by atoms with van der Waals surface area (Å²) in [6.45, 7) is 1.65. The molecule has 0 amide bonds. The van der Waals surface area contributed by atoms with Gasteiger partial charge in [-0.05, 0) is 59.9 Å². The summed E-state index contributed by atoms with van der Waals surface area (Å²) in [5.41, 5.74) is 0.777. The Balaban J connectivity index is 1.74. The molecule has 0 radical (unpaired) electrons. The summed E-state index contributed by atoms with van der Waals surface area (Å²) in [6, 6.07) is 6.45. The molecule has 6 heteroatoms. The zero-order valence-electron chi connectivity index (χ0n) is 11.3. The van der Waals surface area contributed by atoms with Gasteiger partial charge in [0.2, 0.25) is 0 Å². The molecule has 0 unspecified atom stereocenters. The van der Waals surface area contributed by atoms with Crippen molar-refractivity contribution in [1.82, 2.24) is 10.3 Å². The van der Waals surface area contributed by atoms with Crippen molar-refractivity contribution in [2.75, 3.05) is 13.2 Å². The predicted octanol–water partition coefficient (Wildman–Crippen LogP) is 4.93. The molecule has 1 aliphatic carbocycles. The van der Waals surface area contributed by atoms with Gasteiger partial charge in [0.05, 0.1) is 11.1 Å². The summed E-state index contributed by atoms with van der Waals surface area (Å²) in [5, 5.41) is 4.94. The Morgan fingerprint density at radius 2 is 2.10 bits per heavy atom. The van der Waals surface area contributed by atoms with Crippen molar-refractivity contribution in [3.05, 3.63) is 32.3 Å². The molecule has 1 aromatic carbocycles. The first kappa shape index (κ1) is 15.5. The van der Waals surface area contributed by atoms with Crippen LogP contribution in [0.25, 0.3) is 10.9 Å². The van der Waals surface area contributed by atoms with Crippen LogP contribution in [0.4, 0.5) is 0 Å². The maximum atomic E-state index is 6.01. The Morgan fingerprint density at radius 3 is 2.86 bits per heavy atom. The van der Waals surface area contributed by atoms with E-state index in [1.165, 1.54) is 12.8 Å². The number of rotatable bonds is 6. The second kappa shape index (κ2) is 6.82. The van der Waals surface area contributed by atoms with Gasteiger partial charge in [-0.25, -0.2) is 4.98 Å². The highest BCUT2D eigenvalue weighted by Gasteiger charge is 2.19. The summed E-state index contributed by atoms with van der Waals surface area (Å²) in [4.78, 5) is 4.40. The van der Waals surface area contributed by atoms with E-state index in [0.717, 1.165) is 44.6 Å². The topological polar surface area (TPSA) is 34.1 Å². The third-order valence-corrected chi connectivity index (χ3v) is 4.84. The molecule has 1 aliphatic rings. The molecule has 0 aliphatic heterocycles. The van der Waals surface area contributed by atoms with Gasteiger partial charge in [0.1, 0.15) is 10.7 Å². The molecule has 1 saturated carbocycles. The zero-order chi connectivity index (χ0) is 14.8. The lowest BCUT2D eigenvalue weighted by molar-refractivity contribution is 0.309. The Kier molecular flexibility index (Phi) is 5.04. The third kappa shape index (κ3) is 3.89. The number of nitrogens with one attached hydrogen (secondary N) is 1. The molecule has 112 valence electrons. The first-order valence-electron chi connectivity index (χ1n) is 6.95. The van der Waals surface area contributed by atoms with Gasteiger partial charge in [0.15, 0.2) is 5.75 Å². The molecule has 2 aromatic rings. The van der Waals surface area contributed by atoms with Crippen molar-refractivity contribution in [2.24, 2.45) is 0 Å². The Bertz CT molecular complexity index is 662. The van der Waals surface area contributed by atoms with Crippen molar-refractivity contribution >= 4 is 54.4 Å².